The van der Waals surface area contributed by atoms with Gasteiger partial charge in [-0.2, -0.15) is 0 Å². The van der Waals surface area contributed by atoms with E-state index in [1.54, 1.807) is 0 Å². The van der Waals surface area contributed by atoms with Gasteiger partial charge < -0.3 is 10.2 Å². The third-order valence-electron chi connectivity index (χ3n) is 3.66. The lowest BCUT2D eigenvalue weighted by Crippen LogP contribution is -2.41. The summed E-state index contributed by atoms with van der Waals surface area (Å²) in [7, 11) is 0. The molecule has 0 saturated carbocycles. The van der Waals surface area contributed by atoms with Crippen molar-refractivity contribution in [3.05, 3.63) is 42.1 Å². The number of hydrogen-bond acceptors (Lipinski definition) is 2. The van der Waals surface area contributed by atoms with Gasteiger partial charge in [0.15, 0.2) is 0 Å². The lowest BCUT2D eigenvalue weighted by Gasteiger charge is -2.34. The first-order valence-corrected chi connectivity index (χ1v) is 6.12. The predicted octanol–water partition coefficient (Wildman–Crippen LogP) is 2.31. The molecule has 0 unspecified atom stereocenters. The monoisotopic (exact) mass is 214 g/mol. The molecule has 84 valence electrons. The van der Waals surface area contributed by atoms with Gasteiger partial charge in [0.2, 0.25) is 0 Å². The summed E-state index contributed by atoms with van der Waals surface area (Å²) in [6.07, 6.45) is 3.49. The highest BCUT2D eigenvalue weighted by Gasteiger charge is 2.29. The van der Waals surface area contributed by atoms with Crippen LogP contribution in [-0.2, 0) is 6.42 Å². The maximum Gasteiger partial charge on any atom is 0.0447 e. The topological polar surface area (TPSA) is 15.3 Å². The highest BCUT2D eigenvalue weighted by atomic mass is 15.2. The fraction of sp³-hybridized carbons (Fsp3) is 0.429. The molecule has 2 heteroatoms. The number of allylic oxidation sites excluding steroid dienone is 1. The number of para-hydroxylation sites is 1. The molecule has 1 fully saturated rings. The fourth-order valence-corrected chi connectivity index (χ4v) is 2.89. The predicted molar refractivity (Wildman–Crippen MR) is 67.7 cm³/mol. The minimum Gasteiger partial charge on any atom is -0.342 e. The molecule has 1 saturated heterocycles. The Morgan fingerprint density at radius 1 is 1.19 bits per heavy atom. The van der Waals surface area contributed by atoms with Crippen molar-refractivity contribution in [3.8, 4) is 0 Å². The van der Waals surface area contributed by atoms with Gasteiger partial charge >= 0.3 is 0 Å². The van der Waals surface area contributed by atoms with Crippen molar-refractivity contribution in [2.45, 2.75) is 25.3 Å². The van der Waals surface area contributed by atoms with E-state index in [0.717, 1.165) is 19.5 Å². The van der Waals surface area contributed by atoms with E-state index in [9.17, 15) is 0 Å². The molecular weight excluding hydrogens is 196 g/mol. The minimum atomic E-state index is 0.650. The molecule has 0 bridgehead atoms. The average molecular weight is 214 g/mol. The van der Waals surface area contributed by atoms with E-state index >= 15 is 0 Å². The number of anilines is 1. The molecule has 2 nitrogen and oxygen atoms in total. The Kier molecular flexibility index (Phi) is 2.44. The van der Waals surface area contributed by atoms with Crippen LogP contribution in [0.25, 0.3) is 0 Å². The molecule has 1 aromatic rings. The van der Waals surface area contributed by atoms with Crippen LogP contribution in [0.4, 0.5) is 5.69 Å². The normalized spacial score (nSPS) is 21.2. The number of rotatable bonds is 1. The van der Waals surface area contributed by atoms with Crippen molar-refractivity contribution in [1.29, 1.82) is 0 Å². The van der Waals surface area contributed by atoms with Gasteiger partial charge in [-0.1, -0.05) is 24.8 Å². The summed E-state index contributed by atoms with van der Waals surface area (Å²) >= 11 is 0. The van der Waals surface area contributed by atoms with Crippen LogP contribution in [-0.4, -0.2) is 19.1 Å². The fourth-order valence-electron chi connectivity index (χ4n) is 2.89. The molecule has 0 aromatic heterocycles. The Balaban J connectivity index is 1.92. The van der Waals surface area contributed by atoms with Crippen LogP contribution >= 0.6 is 0 Å². The van der Waals surface area contributed by atoms with Crippen molar-refractivity contribution < 1.29 is 0 Å². The van der Waals surface area contributed by atoms with Crippen LogP contribution in [0.15, 0.2) is 36.5 Å². The molecule has 1 aromatic carbocycles. The number of nitrogens with zero attached hydrogens (tertiary/aromatic N) is 1. The van der Waals surface area contributed by atoms with Gasteiger partial charge in [0, 0.05) is 23.8 Å². The molecule has 3 rings (SSSR count). The van der Waals surface area contributed by atoms with E-state index < -0.39 is 0 Å². The zero-order chi connectivity index (χ0) is 11.0. The van der Waals surface area contributed by atoms with Gasteiger partial charge in [-0.05, 0) is 37.6 Å². The molecular formula is C14H18N2. The first kappa shape index (κ1) is 9.91. The Morgan fingerprint density at radius 2 is 1.94 bits per heavy atom. The Labute approximate surface area is 97.0 Å². The highest BCUT2D eigenvalue weighted by molar-refractivity contribution is 5.65. The third kappa shape index (κ3) is 1.54. The molecule has 0 amide bonds. The summed E-state index contributed by atoms with van der Waals surface area (Å²) < 4.78 is 0. The summed E-state index contributed by atoms with van der Waals surface area (Å²) in [6, 6.07) is 9.36. The van der Waals surface area contributed by atoms with E-state index in [0.29, 0.717) is 6.04 Å². The molecule has 0 atom stereocenters. The quantitative estimate of drug-likeness (QED) is 0.771. The first-order chi connectivity index (χ1) is 7.86. The Hall–Kier alpha value is -1.28. The van der Waals surface area contributed by atoms with Crippen LogP contribution in [0.1, 0.15) is 18.4 Å². The molecule has 0 spiro atoms. The van der Waals surface area contributed by atoms with E-state index in [1.807, 2.05) is 0 Å². The number of fused-ring (bicyclic) bond motifs is 1. The zero-order valence-electron chi connectivity index (χ0n) is 9.58. The van der Waals surface area contributed by atoms with Crippen molar-refractivity contribution in [2.75, 3.05) is 18.0 Å². The van der Waals surface area contributed by atoms with Gasteiger partial charge in [0.25, 0.3) is 0 Å². The van der Waals surface area contributed by atoms with Crippen LogP contribution in [0.5, 0.6) is 0 Å². The second-order valence-electron chi connectivity index (χ2n) is 4.72. The van der Waals surface area contributed by atoms with Gasteiger partial charge in [-0.3, -0.25) is 0 Å². The number of nitrogens with one attached hydrogen (secondary N) is 1. The average Bonchev–Trinajstić information content (AvgIpc) is 2.66. The van der Waals surface area contributed by atoms with Gasteiger partial charge in [-0.25, -0.2) is 0 Å². The molecule has 2 aliphatic rings. The number of piperidine rings is 1. The smallest absolute Gasteiger partial charge is 0.0447 e. The summed E-state index contributed by atoms with van der Waals surface area (Å²) in [5.74, 6) is 0. The maximum atomic E-state index is 4.23. The zero-order valence-corrected chi connectivity index (χ0v) is 9.58. The lowest BCUT2D eigenvalue weighted by atomic mass is 10.0. The van der Waals surface area contributed by atoms with E-state index in [-0.39, 0.29) is 0 Å². The van der Waals surface area contributed by atoms with Crippen molar-refractivity contribution in [3.63, 3.8) is 0 Å². The van der Waals surface area contributed by atoms with Crippen molar-refractivity contribution in [2.24, 2.45) is 0 Å². The molecule has 0 radical (unpaired) electrons. The molecule has 1 N–H and O–H groups in total. The van der Waals surface area contributed by atoms with Crippen LogP contribution in [0.3, 0.4) is 0 Å². The number of hydrogen-bond donors (Lipinski definition) is 1. The lowest BCUT2D eigenvalue weighted by molar-refractivity contribution is 0.447. The van der Waals surface area contributed by atoms with Crippen molar-refractivity contribution >= 4 is 5.69 Å². The molecule has 0 aliphatic carbocycles. The van der Waals surface area contributed by atoms with Gasteiger partial charge in [0.1, 0.15) is 0 Å². The molecule has 2 aliphatic heterocycles. The standard InChI is InChI=1S/C14H18N2/c1-11-10-12-4-2-3-5-14(12)16(11)13-6-8-15-9-7-13/h2-5,13,15H,1,6-10H2. The Morgan fingerprint density at radius 3 is 2.75 bits per heavy atom. The second-order valence-corrected chi connectivity index (χ2v) is 4.72. The highest BCUT2D eigenvalue weighted by Crippen LogP contribution is 2.36. The molecule has 16 heavy (non-hydrogen) atoms. The summed E-state index contributed by atoms with van der Waals surface area (Å²) in [4.78, 5) is 2.47. The summed E-state index contributed by atoms with van der Waals surface area (Å²) in [5.41, 5.74) is 4.10. The maximum absolute atomic E-state index is 4.23. The SMILES string of the molecule is C=C1Cc2ccccc2N1C1CCNCC1. The minimum absolute atomic E-state index is 0.650. The Bertz CT molecular complexity index is 405. The summed E-state index contributed by atoms with van der Waals surface area (Å²) in [6.45, 7) is 6.50. The van der Waals surface area contributed by atoms with Crippen LogP contribution in [0, 0.1) is 0 Å². The van der Waals surface area contributed by atoms with E-state index in [4.69, 9.17) is 0 Å². The third-order valence-corrected chi connectivity index (χ3v) is 3.66. The van der Waals surface area contributed by atoms with E-state index in [1.165, 1.54) is 29.8 Å². The van der Waals surface area contributed by atoms with E-state index in [2.05, 4.69) is 41.1 Å². The second kappa shape index (κ2) is 3.95. The van der Waals surface area contributed by atoms with Crippen molar-refractivity contribution in [1.82, 2.24) is 5.32 Å². The van der Waals surface area contributed by atoms with Gasteiger partial charge in [-0.15, -0.1) is 0 Å². The molecule has 2 heterocycles. The van der Waals surface area contributed by atoms with Crippen LogP contribution in [0.2, 0.25) is 0 Å². The van der Waals surface area contributed by atoms with Crippen LogP contribution < -0.4 is 10.2 Å². The number of benzene rings is 1. The largest absolute Gasteiger partial charge is 0.342 e. The summed E-state index contributed by atoms with van der Waals surface area (Å²) in [5, 5.41) is 3.42. The first-order valence-electron chi connectivity index (χ1n) is 6.12. The van der Waals surface area contributed by atoms with Gasteiger partial charge in [0.05, 0.1) is 0 Å².